The van der Waals surface area contributed by atoms with Gasteiger partial charge in [-0.25, -0.2) is 4.68 Å². The molecular weight excluding hydrogens is 465 g/mol. The Balaban J connectivity index is 1.67. The number of fused-ring (bicyclic) bond motifs is 1. The first-order chi connectivity index (χ1) is 16.6. The Morgan fingerprint density at radius 1 is 1.03 bits per heavy atom. The molecule has 4 aromatic rings. The second-order valence-corrected chi connectivity index (χ2v) is 7.66. The summed E-state index contributed by atoms with van der Waals surface area (Å²) in [5.41, 5.74) is -1.93. The summed E-state index contributed by atoms with van der Waals surface area (Å²) in [4.78, 5) is 39.8. The number of benzene rings is 2. The van der Waals surface area contributed by atoms with Gasteiger partial charge in [0.15, 0.2) is 5.69 Å². The van der Waals surface area contributed by atoms with Gasteiger partial charge in [-0.3, -0.25) is 14.4 Å². The highest BCUT2D eigenvalue weighted by molar-refractivity contribution is 6.06. The molecular formula is C24H19F3N4O4. The highest BCUT2D eigenvalue weighted by Gasteiger charge is 2.34. The molecule has 0 aliphatic rings. The fourth-order valence-electron chi connectivity index (χ4n) is 3.60. The van der Waals surface area contributed by atoms with Crippen molar-refractivity contribution < 1.29 is 27.2 Å². The highest BCUT2D eigenvalue weighted by atomic mass is 19.4. The standard InChI is InChI=1S/C24H19F3N4O4/c1-30-22(33)17-9-3-2-8-16(17)21(29-30)23(34)31(13-15-7-6-12-35-15)14-20(32)28-19-11-5-4-10-18(19)24(25,26)27/h2-12H,13-14H2,1H3,(H,28,32). The van der Waals surface area contributed by atoms with Crippen LogP contribution in [0.1, 0.15) is 21.8 Å². The summed E-state index contributed by atoms with van der Waals surface area (Å²) in [6.07, 6.45) is -3.29. The van der Waals surface area contributed by atoms with E-state index in [0.717, 1.165) is 21.7 Å². The highest BCUT2D eigenvalue weighted by Crippen LogP contribution is 2.34. The van der Waals surface area contributed by atoms with Crippen molar-refractivity contribution in [2.45, 2.75) is 12.7 Å². The van der Waals surface area contributed by atoms with Crippen molar-refractivity contribution in [3.05, 3.63) is 94.3 Å². The third-order valence-corrected chi connectivity index (χ3v) is 5.21. The van der Waals surface area contributed by atoms with Gasteiger partial charge in [-0.05, 0) is 30.3 Å². The molecule has 180 valence electrons. The maximum atomic E-state index is 13.5. The van der Waals surface area contributed by atoms with E-state index in [1.54, 1.807) is 36.4 Å². The third-order valence-electron chi connectivity index (χ3n) is 5.21. The predicted molar refractivity (Wildman–Crippen MR) is 121 cm³/mol. The zero-order valence-corrected chi connectivity index (χ0v) is 18.4. The Morgan fingerprint density at radius 2 is 1.71 bits per heavy atom. The molecule has 1 N–H and O–H groups in total. The molecule has 35 heavy (non-hydrogen) atoms. The number of nitrogens with one attached hydrogen (secondary N) is 1. The van der Waals surface area contributed by atoms with Crippen LogP contribution in [-0.4, -0.2) is 33.0 Å². The molecule has 0 bridgehead atoms. The number of para-hydroxylation sites is 1. The summed E-state index contributed by atoms with van der Waals surface area (Å²) in [6, 6.07) is 14.1. The second kappa shape index (κ2) is 9.45. The smallest absolute Gasteiger partial charge is 0.418 e. The van der Waals surface area contributed by atoms with Gasteiger partial charge in [0.2, 0.25) is 5.91 Å². The lowest BCUT2D eigenvalue weighted by Crippen LogP contribution is -2.39. The molecule has 0 spiro atoms. The first-order valence-electron chi connectivity index (χ1n) is 10.4. The topological polar surface area (TPSA) is 97.4 Å². The largest absolute Gasteiger partial charge is 0.467 e. The van der Waals surface area contributed by atoms with Crippen LogP contribution in [0.5, 0.6) is 0 Å². The Bertz CT molecular complexity index is 1450. The normalized spacial score (nSPS) is 11.4. The average Bonchev–Trinajstić information content (AvgIpc) is 3.33. The van der Waals surface area contributed by atoms with E-state index in [-0.39, 0.29) is 23.0 Å². The number of amides is 2. The monoisotopic (exact) mass is 484 g/mol. The molecule has 0 radical (unpaired) electrons. The summed E-state index contributed by atoms with van der Waals surface area (Å²) in [6.45, 7) is -0.746. The summed E-state index contributed by atoms with van der Waals surface area (Å²) in [5.74, 6) is -1.21. The lowest BCUT2D eigenvalue weighted by molar-refractivity contribution is -0.137. The summed E-state index contributed by atoms with van der Waals surface area (Å²) in [5, 5.41) is 6.87. The van der Waals surface area contributed by atoms with Crippen LogP contribution in [-0.2, 0) is 24.6 Å². The summed E-state index contributed by atoms with van der Waals surface area (Å²) < 4.78 is 46.3. The molecule has 11 heteroatoms. The van der Waals surface area contributed by atoms with E-state index in [1.165, 1.54) is 25.4 Å². The van der Waals surface area contributed by atoms with Crippen molar-refractivity contribution >= 4 is 28.3 Å². The van der Waals surface area contributed by atoms with Gasteiger partial charge in [-0.2, -0.15) is 18.3 Å². The second-order valence-electron chi connectivity index (χ2n) is 7.66. The Kier molecular flexibility index (Phi) is 6.41. The van der Waals surface area contributed by atoms with Crippen LogP contribution in [0.2, 0.25) is 0 Å². The van der Waals surface area contributed by atoms with Gasteiger partial charge in [-0.15, -0.1) is 0 Å². The van der Waals surface area contributed by atoms with Crippen LogP contribution in [0.15, 0.2) is 76.1 Å². The average molecular weight is 484 g/mol. The van der Waals surface area contributed by atoms with Crippen molar-refractivity contribution in [1.82, 2.24) is 14.7 Å². The number of aryl methyl sites for hydroxylation is 1. The van der Waals surface area contributed by atoms with E-state index >= 15 is 0 Å². The van der Waals surface area contributed by atoms with Crippen LogP contribution in [0.25, 0.3) is 10.8 Å². The Hall–Kier alpha value is -4.41. The van der Waals surface area contributed by atoms with E-state index < -0.39 is 41.3 Å². The number of halogens is 3. The maximum absolute atomic E-state index is 13.5. The summed E-state index contributed by atoms with van der Waals surface area (Å²) in [7, 11) is 1.39. The van der Waals surface area contributed by atoms with E-state index in [9.17, 15) is 27.6 Å². The van der Waals surface area contributed by atoms with Crippen LogP contribution >= 0.6 is 0 Å². The number of rotatable bonds is 6. The van der Waals surface area contributed by atoms with Gasteiger partial charge in [-0.1, -0.05) is 30.3 Å². The lowest BCUT2D eigenvalue weighted by Gasteiger charge is -2.22. The molecule has 2 aromatic heterocycles. The van der Waals surface area contributed by atoms with Crippen molar-refractivity contribution in [1.29, 1.82) is 0 Å². The van der Waals surface area contributed by atoms with E-state index in [0.29, 0.717) is 5.76 Å². The number of aromatic nitrogens is 2. The molecule has 4 rings (SSSR count). The van der Waals surface area contributed by atoms with Crippen LogP contribution in [0.3, 0.4) is 0 Å². The number of hydrogen-bond donors (Lipinski definition) is 1. The van der Waals surface area contributed by atoms with E-state index in [1.807, 2.05) is 0 Å². The molecule has 0 aliphatic heterocycles. The van der Waals surface area contributed by atoms with Crippen LogP contribution < -0.4 is 10.9 Å². The van der Waals surface area contributed by atoms with Gasteiger partial charge in [0.1, 0.15) is 12.3 Å². The number of nitrogens with zero attached hydrogens (tertiary/aromatic N) is 3. The fraction of sp³-hybridized carbons (Fsp3) is 0.167. The molecule has 8 nitrogen and oxygen atoms in total. The molecule has 2 amide bonds. The number of carbonyl (C=O) groups is 2. The third kappa shape index (κ3) is 5.08. The van der Waals surface area contributed by atoms with Crippen molar-refractivity contribution in [3.63, 3.8) is 0 Å². The van der Waals surface area contributed by atoms with Crippen LogP contribution in [0, 0.1) is 0 Å². The Labute approximate surface area is 196 Å². The predicted octanol–water partition coefficient (Wildman–Crippen LogP) is 3.83. The zero-order chi connectivity index (χ0) is 25.2. The number of carbonyl (C=O) groups excluding carboxylic acids is 2. The van der Waals surface area contributed by atoms with Gasteiger partial charge >= 0.3 is 6.18 Å². The zero-order valence-electron chi connectivity index (χ0n) is 18.4. The Morgan fingerprint density at radius 3 is 2.40 bits per heavy atom. The molecule has 0 fully saturated rings. The van der Waals surface area contributed by atoms with E-state index in [4.69, 9.17) is 4.42 Å². The molecule has 0 aliphatic carbocycles. The SMILES string of the molecule is Cn1nc(C(=O)N(CC(=O)Nc2ccccc2C(F)(F)F)Cc2ccco2)c2ccccc2c1=O. The van der Waals surface area contributed by atoms with Gasteiger partial charge in [0.05, 0.1) is 29.4 Å². The fourth-order valence-corrected chi connectivity index (χ4v) is 3.60. The minimum absolute atomic E-state index is 0.0854. The maximum Gasteiger partial charge on any atom is 0.418 e. The minimum Gasteiger partial charge on any atom is -0.467 e. The molecule has 2 heterocycles. The minimum atomic E-state index is -4.68. The number of anilines is 1. The molecule has 0 saturated carbocycles. The lowest BCUT2D eigenvalue weighted by atomic mass is 10.1. The molecule has 0 atom stereocenters. The molecule has 2 aromatic carbocycles. The number of alkyl halides is 3. The first kappa shape index (κ1) is 23.7. The number of hydrogen-bond acceptors (Lipinski definition) is 5. The quantitative estimate of drug-likeness (QED) is 0.449. The van der Waals surface area contributed by atoms with Gasteiger partial charge < -0.3 is 14.6 Å². The number of furan rings is 1. The van der Waals surface area contributed by atoms with Gasteiger partial charge in [0.25, 0.3) is 11.5 Å². The van der Waals surface area contributed by atoms with Gasteiger partial charge in [0, 0.05) is 12.4 Å². The molecule has 0 saturated heterocycles. The van der Waals surface area contributed by atoms with Crippen molar-refractivity contribution in [3.8, 4) is 0 Å². The first-order valence-corrected chi connectivity index (χ1v) is 10.4. The summed E-state index contributed by atoms with van der Waals surface area (Å²) >= 11 is 0. The van der Waals surface area contributed by atoms with E-state index in [2.05, 4.69) is 10.4 Å². The van der Waals surface area contributed by atoms with Crippen molar-refractivity contribution in [2.75, 3.05) is 11.9 Å². The van der Waals surface area contributed by atoms with Crippen LogP contribution in [0.4, 0.5) is 18.9 Å². The van der Waals surface area contributed by atoms with Crippen molar-refractivity contribution in [2.24, 2.45) is 7.05 Å². The molecule has 0 unspecified atom stereocenters.